The van der Waals surface area contributed by atoms with E-state index in [0.29, 0.717) is 0 Å². The van der Waals surface area contributed by atoms with Gasteiger partial charge in [0.05, 0.1) is 11.8 Å². The number of hydrogen-bond acceptors (Lipinski definition) is 7. The first-order valence-corrected chi connectivity index (χ1v) is 7.44. The summed E-state index contributed by atoms with van der Waals surface area (Å²) in [5, 5.41) is 13.9. The standard InChI is InChI=1S/C15H12F3N7O2/c16-15(17,18)10-3-1-2-9(6-10)12-5-4-11(27-12)7-20-21-13(26)8-25-14(19)22-23-24-25/h1-7H,8H2,(H,21,26)(H2,19,22,24). The Hall–Kier alpha value is -3.70. The van der Waals surface area contributed by atoms with Crippen molar-refractivity contribution in [2.45, 2.75) is 12.7 Å². The molecule has 27 heavy (non-hydrogen) atoms. The topological polar surface area (TPSA) is 124 Å². The second-order valence-electron chi connectivity index (χ2n) is 5.27. The van der Waals surface area contributed by atoms with E-state index in [1.807, 2.05) is 0 Å². The Morgan fingerprint density at radius 2 is 2.15 bits per heavy atom. The van der Waals surface area contributed by atoms with Crippen LogP contribution in [0.4, 0.5) is 19.1 Å². The third-order valence-electron chi connectivity index (χ3n) is 3.34. The van der Waals surface area contributed by atoms with E-state index in [9.17, 15) is 18.0 Å². The predicted molar refractivity (Wildman–Crippen MR) is 87.1 cm³/mol. The van der Waals surface area contributed by atoms with Crippen LogP contribution >= 0.6 is 0 Å². The van der Waals surface area contributed by atoms with Crippen LogP contribution in [0, 0.1) is 0 Å². The maximum absolute atomic E-state index is 12.8. The molecule has 0 atom stereocenters. The van der Waals surface area contributed by atoms with Gasteiger partial charge in [-0.15, -0.1) is 0 Å². The fourth-order valence-corrected chi connectivity index (χ4v) is 2.09. The van der Waals surface area contributed by atoms with Crippen molar-refractivity contribution in [3.8, 4) is 11.3 Å². The molecule has 3 aromatic rings. The normalized spacial score (nSPS) is 11.8. The summed E-state index contributed by atoms with van der Waals surface area (Å²) in [5.41, 5.74) is 7.14. The molecule has 3 N–H and O–H groups in total. The molecular formula is C15H12F3N7O2. The van der Waals surface area contributed by atoms with Gasteiger partial charge >= 0.3 is 6.18 Å². The molecule has 0 aliphatic heterocycles. The molecule has 1 amide bonds. The zero-order valence-electron chi connectivity index (χ0n) is 13.5. The van der Waals surface area contributed by atoms with Gasteiger partial charge < -0.3 is 10.2 Å². The molecule has 0 bridgehead atoms. The van der Waals surface area contributed by atoms with Gasteiger partial charge in [0.25, 0.3) is 5.91 Å². The number of amides is 1. The van der Waals surface area contributed by atoms with Crippen molar-refractivity contribution in [2.24, 2.45) is 5.10 Å². The Balaban J connectivity index is 1.63. The van der Waals surface area contributed by atoms with Crippen LogP contribution < -0.4 is 11.2 Å². The number of nitrogens with zero attached hydrogens (tertiary/aromatic N) is 5. The monoisotopic (exact) mass is 379 g/mol. The summed E-state index contributed by atoms with van der Waals surface area (Å²) in [6.45, 7) is -0.232. The highest BCUT2D eigenvalue weighted by molar-refractivity contribution is 5.81. The van der Waals surface area contributed by atoms with Crippen molar-refractivity contribution in [3.05, 3.63) is 47.7 Å². The molecule has 1 aromatic carbocycles. The first-order valence-electron chi connectivity index (χ1n) is 7.44. The van der Waals surface area contributed by atoms with E-state index < -0.39 is 17.6 Å². The van der Waals surface area contributed by atoms with E-state index in [0.717, 1.165) is 16.8 Å². The maximum atomic E-state index is 12.8. The van der Waals surface area contributed by atoms with Gasteiger partial charge in [0.2, 0.25) is 5.95 Å². The number of anilines is 1. The lowest BCUT2D eigenvalue weighted by Gasteiger charge is -2.07. The van der Waals surface area contributed by atoms with Crippen LogP contribution in [0.25, 0.3) is 11.3 Å². The molecule has 9 nitrogen and oxygen atoms in total. The van der Waals surface area contributed by atoms with Gasteiger partial charge in [0.1, 0.15) is 18.1 Å². The zero-order chi connectivity index (χ0) is 19.4. The number of alkyl halides is 3. The summed E-state index contributed by atoms with van der Waals surface area (Å²) < 4.78 is 44.8. The van der Waals surface area contributed by atoms with E-state index in [-0.39, 0.29) is 29.6 Å². The van der Waals surface area contributed by atoms with Crippen LogP contribution in [0.3, 0.4) is 0 Å². The van der Waals surface area contributed by atoms with E-state index in [1.54, 1.807) is 0 Å². The molecule has 0 fully saturated rings. The summed E-state index contributed by atoms with van der Waals surface area (Å²) in [5.74, 6) is -0.0826. The van der Waals surface area contributed by atoms with Gasteiger partial charge in [-0.25, -0.2) is 10.1 Å². The van der Waals surface area contributed by atoms with Crippen LogP contribution in [0.5, 0.6) is 0 Å². The number of hydrazone groups is 1. The number of carbonyl (C=O) groups excluding carboxylic acids is 1. The predicted octanol–water partition coefficient (Wildman–Crippen LogP) is 1.68. The molecule has 0 aliphatic rings. The molecule has 2 aromatic heterocycles. The summed E-state index contributed by atoms with van der Waals surface area (Å²) in [7, 11) is 0. The second kappa shape index (κ2) is 7.27. The number of hydrogen-bond donors (Lipinski definition) is 2. The quantitative estimate of drug-likeness (QED) is 0.513. The first-order chi connectivity index (χ1) is 12.8. The Bertz CT molecular complexity index is 978. The lowest BCUT2D eigenvalue weighted by molar-refractivity contribution is -0.137. The van der Waals surface area contributed by atoms with Crippen molar-refractivity contribution >= 4 is 18.1 Å². The molecule has 0 spiro atoms. The van der Waals surface area contributed by atoms with E-state index in [4.69, 9.17) is 10.2 Å². The fourth-order valence-electron chi connectivity index (χ4n) is 2.09. The van der Waals surface area contributed by atoms with Crippen molar-refractivity contribution < 1.29 is 22.4 Å². The highest BCUT2D eigenvalue weighted by Crippen LogP contribution is 2.32. The van der Waals surface area contributed by atoms with Crippen LogP contribution in [0.2, 0.25) is 0 Å². The maximum Gasteiger partial charge on any atom is 0.416 e. The minimum atomic E-state index is -4.44. The Kier molecular flexibility index (Phi) is 4.88. The van der Waals surface area contributed by atoms with Crippen molar-refractivity contribution in [2.75, 3.05) is 5.73 Å². The lowest BCUT2D eigenvalue weighted by atomic mass is 10.1. The van der Waals surface area contributed by atoms with Gasteiger partial charge in [-0.2, -0.15) is 18.3 Å². The molecular weight excluding hydrogens is 367 g/mol. The average Bonchev–Trinajstić information content (AvgIpc) is 3.24. The zero-order valence-corrected chi connectivity index (χ0v) is 13.5. The summed E-state index contributed by atoms with van der Waals surface area (Å²) in [4.78, 5) is 11.7. The summed E-state index contributed by atoms with van der Waals surface area (Å²) in [6.07, 6.45) is -3.24. The SMILES string of the molecule is Nc1nnnn1CC(=O)NN=Cc1ccc(-c2cccc(C(F)(F)F)c2)o1. The molecule has 12 heteroatoms. The number of nitrogen functional groups attached to an aromatic ring is 1. The molecule has 3 rings (SSSR count). The largest absolute Gasteiger partial charge is 0.455 e. The van der Waals surface area contributed by atoms with Crippen LogP contribution in [0.15, 0.2) is 45.9 Å². The molecule has 0 saturated carbocycles. The van der Waals surface area contributed by atoms with E-state index >= 15 is 0 Å². The summed E-state index contributed by atoms with van der Waals surface area (Å²) >= 11 is 0. The summed E-state index contributed by atoms with van der Waals surface area (Å²) in [6, 6.07) is 7.75. The van der Waals surface area contributed by atoms with Crippen LogP contribution in [-0.2, 0) is 17.5 Å². The minimum Gasteiger partial charge on any atom is -0.455 e. The van der Waals surface area contributed by atoms with Crippen molar-refractivity contribution in [1.82, 2.24) is 25.6 Å². The number of rotatable bonds is 5. The number of furan rings is 1. The van der Waals surface area contributed by atoms with Gasteiger partial charge in [0, 0.05) is 5.56 Å². The van der Waals surface area contributed by atoms with Gasteiger partial charge in [-0.1, -0.05) is 17.2 Å². The molecule has 140 valence electrons. The fraction of sp³-hybridized carbons (Fsp3) is 0.133. The molecule has 0 saturated heterocycles. The van der Waals surface area contributed by atoms with Crippen LogP contribution in [0.1, 0.15) is 11.3 Å². The highest BCUT2D eigenvalue weighted by Gasteiger charge is 2.30. The molecule has 0 unspecified atom stereocenters. The Morgan fingerprint density at radius 1 is 1.33 bits per heavy atom. The Labute approximate surface area is 149 Å². The van der Waals surface area contributed by atoms with Crippen molar-refractivity contribution in [1.29, 1.82) is 0 Å². The second-order valence-corrected chi connectivity index (χ2v) is 5.27. The Morgan fingerprint density at radius 3 is 2.85 bits per heavy atom. The van der Waals surface area contributed by atoms with Gasteiger partial charge in [-0.3, -0.25) is 4.79 Å². The third-order valence-corrected chi connectivity index (χ3v) is 3.34. The number of tetrazole rings is 1. The van der Waals surface area contributed by atoms with Gasteiger partial charge in [0.15, 0.2) is 0 Å². The van der Waals surface area contributed by atoms with E-state index in [1.165, 1.54) is 30.5 Å². The number of nitrogens with one attached hydrogen (secondary N) is 1. The van der Waals surface area contributed by atoms with E-state index in [2.05, 4.69) is 26.1 Å². The average molecular weight is 379 g/mol. The number of halogens is 3. The number of nitrogens with two attached hydrogens (primary N) is 1. The smallest absolute Gasteiger partial charge is 0.416 e. The number of carbonyl (C=O) groups is 1. The first kappa shape index (κ1) is 18.1. The number of aromatic nitrogens is 4. The molecule has 2 heterocycles. The highest BCUT2D eigenvalue weighted by atomic mass is 19.4. The van der Waals surface area contributed by atoms with Gasteiger partial charge in [-0.05, 0) is 34.7 Å². The number of benzene rings is 1. The van der Waals surface area contributed by atoms with Crippen LogP contribution in [-0.4, -0.2) is 32.3 Å². The van der Waals surface area contributed by atoms with Crippen molar-refractivity contribution in [3.63, 3.8) is 0 Å². The lowest BCUT2D eigenvalue weighted by Crippen LogP contribution is -2.24. The minimum absolute atomic E-state index is 0.0223. The molecule has 0 radical (unpaired) electrons. The third kappa shape index (κ3) is 4.48. The molecule has 0 aliphatic carbocycles.